The monoisotopic (exact) mass is 253 g/mol. The fourth-order valence-corrected chi connectivity index (χ4v) is 1.59. The van der Waals surface area contributed by atoms with Crippen molar-refractivity contribution < 1.29 is 13.2 Å². The van der Waals surface area contributed by atoms with Crippen LogP contribution in [0.4, 0.5) is 19.0 Å². The number of nitrogen functional groups attached to an aromatic ring is 1. The molecule has 18 heavy (non-hydrogen) atoms. The first kappa shape index (κ1) is 12.3. The van der Waals surface area contributed by atoms with Crippen LogP contribution in [0.15, 0.2) is 30.6 Å². The molecular formula is C12H10F3N3. The van der Waals surface area contributed by atoms with Crippen molar-refractivity contribution in [1.82, 2.24) is 9.97 Å². The number of hydrogen-bond acceptors (Lipinski definition) is 3. The molecule has 0 fully saturated rings. The molecule has 94 valence electrons. The van der Waals surface area contributed by atoms with E-state index < -0.39 is 11.7 Å². The number of alkyl halides is 3. The molecule has 2 aromatic rings. The number of halogens is 3. The largest absolute Gasteiger partial charge is 0.417 e. The Hall–Kier alpha value is -2.11. The minimum atomic E-state index is -4.42. The number of nitrogens with zero attached hydrogens (tertiary/aromatic N) is 2. The topological polar surface area (TPSA) is 51.8 Å². The van der Waals surface area contributed by atoms with Crippen LogP contribution in [-0.4, -0.2) is 9.97 Å². The van der Waals surface area contributed by atoms with E-state index in [1.807, 2.05) is 0 Å². The first-order valence-electron chi connectivity index (χ1n) is 5.13. The highest BCUT2D eigenvalue weighted by atomic mass is 19.4. The summed E-state index contributed by atoms with van der Waals surface area (Å²) in [5, 5.41) is 0. The van der Waals surface area contributed by atoms with Crippen LogP contribution in [0.3, 0.4) is 0 Å². The van der Waals surface area contributed by atoms with E-state index in [-0.39, 0.29) is 17.1 Å². The van der Waals surface area contributed by atoms with Crippen molar-refractivity contribution in [3.8, 4) is 11.3 Å². The first-order valence-corrected chi connectivity index (χ1v) is 5.13. The predicted molar refractivity (Wildman–Crippen MR) is 61.6 cm³/mol. The van der Waals surface area contributed by atoms with E-state index in [1.54, 1.807) is 6.92 Å². The normalized spacial score (nSPS) is 11.6. The lowest BCUT2D eigenvalue weighted by Crippen LogP contribution is -2.08. The summed E-state index contributed by atoms with van der Waals surface area (Å²) in [6, 6.07) is 3.89. The van der Waals surface area contributed by atoms with E-state index in [9.17, 15) is 13.2 Å². The molecule has 1 aromatic carbocycles. The summed E-state index contributed by atoms with van der Waals surface area (Å²) in [7, 11) is 0. The lowest BCUT2D eigenvalue weighted by molar-refractivity contribution is -0.137. The highest BCUT2D eigenvalue weighted by Gasteiger charge is 2.33. The van der Waals surface area contributed by atoms with Crippen LogP contribution in [0.5, 0.6) is 0 Å². The number of aromatic nitrogens is 2. The smallest absolute Gasteiger partial charge is 0.382 e. The van der Waals surface area contributed by atoms with E-state index in [0.717, 1.165) is 11.6 Å². The fraction of sp³-hybridized carbons (Fsp3) is 0.167. The third kappa shape index (κ3) is 2.42. The Morgan fingerprint density at radius 3 is 2.39 bits per heavy atom. The summed E-state index contributed by atoms with van der Waals surface area (Å²) >= 11 is 0. The molecule has 2 rings (SSSR count). The summed E-state index contributed by atoms with van der Waals surface area (Å²) in [6.07, 6.45) is -1.96. The van der Waals surface area contributed by atoms with Gasteiger partial charge in [-0.1, -0.05) is 11.6 Å². The van der Waals surface area contributed by atoms with Crippen molar-refractivity contribution in [3.05, 3.63) is 41.7 Å². The van der Waals surface area contributed by atoms with Crippen LogP contribution in [0, 0.1) is 6.92 Å². The van der Waals surface area contributed by atoms with E-state index in [1.165, 1.54) is 24.5 Å². The quantitative estimate of drug-likeness (QED) is 0.849. The molecule has 0 aliphatic heterocycles. The van der Waals surface area contributed by atoms with Gasteiger partial charge < -0.3 is 5.73 Å². The van der Waals surface area contributed by atoms with Crippen LogP contribution >= 0.6 is 0 Å². The third-order valence-electron chi connectivity index (χ3n) is 2.43. The molecule has 0 radical (unpaired) electrons. The molecule has 0 amide bonds. The molecule has 0 spiro atoms. The zero-order valence-corrected chi connectivity index (χ0v) is 9.49. The Bertz CT molecular complexity index is 562. The highest BCUT2D eigenvalue weighted by molar-refractivity contribution is 5.65. The van der Waals surface area contributed by atoms with Gasteiger partial charge in [0, 0.05) is 5.56 Å². The Labute approximate surface area is 101 Å². The average molecular weight is 253 g/mol. The van der Waals surface area contributed by atoms with Crippen molar-refractivity contribution in [2.45, 2.75) is 13.1 Å². The van der Waals surface area contributed by atoms with Crippen molar-refractivity contribution in [3.63, 3.8) is 0 Å². The maximum Gasteiger partial charge on any atom is 0.417 e. The molecule has 3 nitrogen and oxygen atoms in total. The number of hydrogen-bond donors (Lipinski definition) is 1. The van der Waals surface area contributed by atoms with Crippen molar-refractivity contribution in [2.24, 2.45) is 0 Å². The fourth-order valence-electron chi connectivity index (χ4n) is 1.59. The summed E-state index contributed by atoms with van der Waals surface area (Å²) in [5.41, 5.74) is 5.51. The molecule has 0 saturated heterocycles. The second-order valence-electron chi connectivity index (χ2n) is 3.87. The first-order chi connectivity index (χ1) is 8.38. The number of anilines is 1. The van der Waals surface area contributed by atoms with Gasteiger partial charge in [0.25, 0.3) is 0 Å². The number of nitrogens with two attached hydrogens (primary N) is 1. The van der Waals surface area contributed by atoms with E-state index in [2.05, 4.69) is 9.97 Å². The van der Waals surface area contributed by atoms with Gasteiger partial charge in [0.2, 0.25) is 0 Å². The lowest BCUT2D eigenvalue weighted by Gasteiger charge is -2.13. The lowest BCUT2D eigenvalue weighted by atomic mass is 10.0. The van der Waals surface area contributed by atoms with Crippen LogP contribution in [0.1, 0.15) is 11.1 Å². The maximum absolute atomic E-state index is 12.9. The standard InChI is InChI=1S/C12H10F3N3/c1-7-2-3-9(12(13,14)15)8(4-7)10-5-18-11(16)6-17-10/h2-6H,1H3,(H2,16,18). The second kappa shape index (κ2) is 4.29. The number of aryl methyl sites for hydroxylation is 1. The Kier molecular flexibility index (Phi) is 2.94. The van der Waals surface area contributed by atoms with Crippen LogP contribution < -0.4 is 5.73 Å². The van der Waals surface area contributed by atoms with Crippen LogP contribution in [0.2, 0.25) is 0 Å². The molecule has 0 saturated carbocycles. The molecular weight excluding hydrogens is 243 g/mol. The summed E-state index contributed by atoms with van der Waals surface area (Å²) in [4.78, 5) is 7.63. The van der Waals surface area contributed by atoms with Gasteiger partial charge in [-0.05, 0) is 19.1 Å². The Balaban J connectivity index is 2.62. The van der Waals surface area contributed by atoms with Gasteiger partial charge in [0.15, 0.2) is 0 Å². The van der Waals surface area contributed by atoms with Gasteiger partial charge in [-0.2, -0.15) is 13.2 Å². The highest BCUT2D eigenvalue weighted by Crippen LogP contribution is 2.36. The minimum Gasteiger partial charge on any atom is -0.382 e. The van der Waals surface area contributed by atoms with Gasteiger partial charge in [0.05, 0.1) is 23.7 Å². The van der Waals surface area contributed by atoms with E-state index >= 15 is 0 Å². The minimum absolute atomic E-state index is 0.00926. The van der Waals surface area contributed by atoms with Crippen molar-refractivity contribution >= 4 is 5.82 Å². The zero-order valence-electron chi connectivity index (χ0n) is 9.49. The van der Waals surface area contributed by atoms with E-state index in [0.29, 0.717) is 0 Å². The van der Waals surface area contributed by atoms with Gasteiger partial charge in [-0.15, -0.1) is 0 Å². The van der Waals surface area contributed by atoms with Crippen molar-refractivity contribution in [2.75, 3.05) is 5.73 Å². The van der Waals surface area contributed by atoms with Crippen molar-refractivity contribution in [1.29, 1.82) is 0 Å². The Morgan fingerprint density at radius 1 is 1.11 bits per heavy atom. The Morgan fingerprint density at radius 2 is 1.83 bits per heavy atom. The summed E-state index contributed by atoms with van der Waals surface area (Å²) < 4.78 is 38.6. The van der Waals surface area contributed by atoms with Crippen LogP contribution in [-0.2, 0) is 6.18 Å². The van der Waals surface area contributed by atoms with E-state index in [4.69, 9.17) is 5.73 Å². The average Bonchev–Trinajstić information content (AvgIpc) is 2.28. The molecule has 0 bridgehead atoms. The number of rotatable bonds is 1. The molecule has 1 heterocycles. The molecule has 0 aliphatic carbocycles. The molecule has 0 unspecified atom stereocenters. The number of benzene rings is 1. The summed E-state index contributed by atoms with van der Waals surface area (Å²) in [5.74, 6) is 0.167. The molecule has 1 aromatic heterocycles. The summed E-state index contributed by atoms with van der Waals surface area (Å²) in [6.45, 7) is 1.72. The maximum atomic E-state index is 12.9. The van der Waals surface area contributed by atoms with Gasteiger partial charge in [-0.25, -0.2) is 4.98 Å². The zero-order chi connectivity index (χ0) is 13.3. The molecule has 0 atom stereocenters. The SMILES string of the molecule is Cc1ccc(C(F)(F)F)c(-c2cnc(N)cn2)c1. The van der Waals surface area contributed by atoms with Gasteiger partial charge in [0.1, 0.15) is 5.82 Å². The second-order valence-corrected chi connectivity index (χ2v) is 3.87. The van der Waals surface area contributed by atoms with Crippen LogP contribution in [0.25, 0.3) is 11.3 Å². The molecule has 2 N–H and O–H groups in total. The molecule has 0 aliphatic rings. The predicted octanol–water partition coefficient (Wildman–Crippen LogP) is 3.05. The molecule has 6 heteroatoms. The van der Waals surface area contributed by atoms with Gasteiger partial charge >= 0.3 is 6.18 Å². The van der Waals surface area contributed by atoms with Gasteiger partial charge in [-0.3, -0.25) is 4.98 Å². The third-order valence-corrected chi connectivity index (χ3v) is 2.43.